The van der Waals surface area contributed by atoms with Crippen LogP contribution >= 0.6 is 0 Å². The van der Waals surface area contributed by atoms with E-state index in [9.17, 15) is 40.2 Å². The molecule has 3 saturated carbocycles. The molecule has 8 N–H and O–H groups in total. The van der Waals surface area contributed by atoms with Crippen LogP contribution in [0.4, 0.5) is 5.95 Å². The number of anilines is 1. The second kappa shape index (κ2) is 20.2. The molecule has 1 amide bonds. The second-order valence-electron chi connectivity index (χ2n) is 21.2. The van der Waals surface area contributed by atoms with Gasteiger partial charge >= 0.3 is 5.97 Å². The molecule has 1 aromatic heterocycles. The maximum absolute atomic E-state index is 15.4. The van der Waals surface area contributed by atoms with Crippen molar-refractivity contribution in [2.75, 3.05) is 25.1 Å². The summed E-state index contributed by atoms with van der Waals surface area (Å²) >= 11 is 0. The number of fused-ring (bicyclic) bond motifs is 6. The number of nitrogens with one attached hydrogen (secondary N) is 2. The van der Waals surface area contributed by atoms with E-state index in [0.717, 1.165) is 11.1 Å². The summed E-state index contributed by atoms with van der Waals surface area (Å²) in [7, 11) is 0. The van der Waals surface area contributed by atoms with Crippen LogP contribution in [0.2, 0.25) is 0 Å². The summed E-state index contributed by atoms with van der Waals surface area (Å²) < 4.78 is 34.5. The summed E-state index contributed by atoms with van der Waals surface area (Å²) in [5, 5.41) is 74.8. The van der Waals surface area contributed by atoms with Crippen molar-refractivity contribution in [1.29, 1.82) is 0 Å². The van der Waals surface area contributed by atoms with Crippen LogP contribution in [0, 0.1) is 17.8 Å². The third-order valence-electron chi connectivity index (χ3n) is 15.3. The molecule has 396 valence electrons. The van der Waals surface area contributed by atoms with Crippen molar-refractivity contribution < 1.29 is 68.7 Å². The third kappa shape index (κ3) is 8.84. The van der Waals surface area contributed by atoms with Crippen LogP contribution < -0.4 is 29.6 Å². The molecule has 4 aliphatic heterocycles. The van der Waals surface area contributed by atoms with Crippen molar-refractivity contribution >= 4 is 35.4 Å². The molecule has 19 nitrogen and oxygen atoms in total. The smallest absolute Gasteiger partial charge is 0.343 e. The Morgan fingerprint density at radius 3 is 2.39 bits per heavy atom. The number of ketones is 1. The largest absolute Gasteiger partial charge is 0.482 e. The number of Topliss-reactive ketones (excluding diaryl/α,β-unsaturated/α-hetero) is 1. The van der Waals surface area contributed by atoms with Crippen molar-refractivity contribution in [3.63, 3.8) is 0 Å². The number of aliphatic hydroxyl groups excluding tert-OH is 5. The fraction of sp³-hybridized carbons (Fsp3) is 0.509. The molecule has 1 saturated heterocycles. The Morgan fingerprint density at radius 2 is 1.72 bits per heavy atom. The van der Waals surface area contributed by atoms with Crippen molar-refractivity contribution in [2.24, 2.45) is 17.8 Å². The number of carbonyl (C=O) groups excluding carboxylic acids is 3. The van der Waals surface area contributed by atoms with Crippen molar-refractivity contribution in [3.05, 3.63) is 99.4 Å². The first-order chi connectivity index (χ1) is 35.2. The number of ether oxygens (including phenoxy) is 5. The van der Waals surface area contributed by atoms with E-state index in [1.165, 1.54) is 30.6 Å². The topological polar surface area (TPSA) is 274 Å². The molecule has 2 aromatic carbocycles. The Morgan fingerprint density at radius 1 is 0.986 bits per heavy atom. The van der Waals surface area contributed by atoms with Crippen LogP contribution in [0.1, 0.15) is 114 Å². The van der Waals surface area contributed by atoms with Gasteiger partial charge in [-0.1, -0.05) is 43.2 Å². The van der Waals surface area contributed by atoms with Gasteiger partial charge in [-0.2, -0.15) is 10.1 Å². The fourth-order valence-electron chi connectivity index (χ4n) is 11.5. The highest BCUT2D eigenvalue weighted by Gasteiger charge is 2.77. The Balaban J connectivity index is 1.24. The van der Waals surface area contributed by atoms with Gasteiger partial charge in [0.2, 0.25) is 18.1 Å². The molecular formula is C55H67N5O14. The number of benzene rings is 2. The summed E-state index contributed by atoms with van der Waals surface area (Å²) in [5.74, 6) is -2.14. The lowest BCUT2D eigenvalue weighted by atomic mass is 9.46. The van der Waals surface area contributed by atoms with Gasteiger partial charge in [0, 0.05) is 41.5 Å². The average molecular weight is 1020 g/mol. The molecule has 0 radical (unpaired) electrons. The number of amides is 1. The van der Waals surface area contributed by atoms with E-state index < -0.39 is 89.7 Å². The van der Waals surface area contributed by atoms with Gasteiger partial charge in [0.25, 0.3) is 0 Å². The van der Waals surface area contributed by atoms with E-state index in [-0.39, 0.29) is 60.3 Å². The predicted octanol–water partition coefficient (Wildman–Crippen LogP) is 4.66. The molecule has 7 aliphatic rings. The van der Waals surface area contributed by atoms with Crippen LogP contribution in [0.15, 0.2) is 77.2 Å². The van der Waals surface area contributed by atoms with Gasteiger partial charge in [-0.25, -0.2) is 9.48 Å². The van der Waals surface area contributed by atoms with Gasteiger partial charge in [-0.05, 0) is 110 Å². The molecule has 10 rings (SSSR count). The van der Waals surface area contributed by atoms with Crippen LogP contribution in [0.5, 0.6) is 23.0 Å². The quantitative estimate of drug-likeness (QED) is 0.0420. The first-order valence-electron chi connectivity index (χ1n) is 25.3. The summed E-state index contributed by atoms with van der Waals surface area (Å²) in [5.41, 5.74) is -0.196. The first-order valence-corrected chi connectivity index (χ1v) is 25.3. The molecule has 11 atom stereocenters. The van der Waals surface area contributed by atoms with E-state index in [0.29, 0.717) is 58.9 Å². The number of rotatable bonds is 16. The highest BCUT2D eigenvalue weighted by molar-refractivity contribution is 6.03. The number of aliphatic hydroxyl groups is 6. The van der Waals surface area contributed by atoms with Gasteiger partial charge in [0.1, 0.15) is 53.6 Å². The summed E-state index contributed by atoms with van der Waals surface area (Å²) in [4.78, 5) is 48.0. The zero-order chi connectivity index (χ0) is 53.2. The second-order valence-corrected chi connectivity index (χ2v) is 21.2. The SMILES string of the molecule is CC(C)=CCCC1(C)C=Cc2c(c(CC=C(C)C)c3c(c2OC(=O)c2ccc(O[C@@H]4O[C@H](CO)[C@@H](O)[C@H](O)[C@H]4O)cc2)C2=C4C(C5CC(C(C)C)C4(O3)C(O)(C/C=C(/C)C(=O)NCCO)C5=O)n3ncnc3N2)O1. The monoisotopic (exact) mass is 1020 g/mol. The summed E-state index contributed by atoms with van der Waals surface area (Å²) in [6, 6.07) is 4.98. The van der Waals surface area contributed by atoms with E-state index in [2.05, 4.69) is 26.8 Å². The molecule has 4 fully saturated rings. The Bertz CT molecular complexity index is 2880. The van der Waals surface area contributed by atoms with Crippen molar-refractivity contribution in [2.45, 2.75) is 141 Å². The van der Waals surface area contributed by atoms with Crippen LogP contribution in [-0.2, 0) is 20.7 Å². The highest BCUT2D eigenvalue weighted by Crippen LogP contribution is 2.69. The number of aromatic nitrogens is 3. The molecule has 3 aliphatic carbocycles. The Kier molecular flexibility index (Phi) is 14.3. The minimum atomic E-state index is -2.27. The molecular weight excluding hydrogens is 955 g/mol. The number of hydrogen-bond donors (Lipinski definition) is 8. The molecule has 2 bridgehead atoms. The lowest BCUT2D eigenvalue weighted by Crippen LogP contribution is -2.78. The maximum atomic E-state index is 15.4. The Labute approximate surface area is 429 Å². The van der Waals surface area contributed by atoms with E-state index in [1.54, 1.807) is 17.7 Å². The van der Waals surface area contributed by atoms with Crippen molar-refractivity contribution in [1.82, 2.24) is 20.1 Å². The number of allylic oxidation sites excluding steroid dienone is 4. The van der Waals surface area contributed by atoms with Crippen LogP contribution in [0.25, 0.3) is 11.8 Å². The number of nitrogens with zero attached hydrogens (tertiary/aromatic N) is 3. The van der Waals surface area contributed by atoms with Gasteiger partial charge in [-0.3, -0.25) is 9.59 Å². The Hall–Kier alpha value is -6.19. The lowest BCUT2D eigenvalue weighted by molar-refractivity contribution is -0.277. The molecule has 1 spiro atoms. The predicted molar refractivity (Wildman–Crippen MR) is 270 cm³/mol. The zero-order valence-electron chi connectivity index (χ0n) is 42.9. The average Bonchev–Trinajstić information content (AvgIpc) is 3.85. The summed E-state index contributed by atoms with van der Waals surface area (Å²) in [6.45, 7) is 14.7. The fourth-order valence-corrected chi connectivity index (χ4v) is 11.5. The normalized spacial score (nSPS) is 30.2. The van der Waals surface area contributed by atoms with E-state index in [1.807, 2.05) is 66.7 Å². The van der Waals surface area contributed by atoms with Crippen molar-refractivity contribution in [3.8, 4) is 23.0 Å². The lowest BCUT2D eigenvalue weighted by Gasteiger charge is -2.65. The standard InChI is InChI=1S/C55H67N5O14/c1-27(2)10-9-19-53(8)20-18-34-45(73-53)33(16-11-28(3)4)47-38(46(34)72-50(68)31-12-14-32(15-13-31)70-51-44(65)43(64)42(63)37(25-62)71-51)40-39-41(60-52(59-40)57-26-58-60)35-24-36(29(5)6)55(39,74-47)54(69,48(35)66)21-17-30(7)49(67)56-22-23-61/h10-15,17-18,20,26,29,35-37,41-44,51,61-65,69H,9,16,19,21-25H2,1-8H3,(H,56,67)(H,57,58,59)/b30-17-/t35?,36?,37-,41?,42-,43+,44-,51-,53?,54?,55?/m1/s1. The highest BCUT2D eigenvalue weighted by atomic mass is 16.7. The molecule has 5 heterocycles. The van der Waals surface area contributed by atoms with Crippen LogP contribution in [-0.4, -0.2) is 130 Å². The number of carbonyl (C=O) groups is 3. The molecule has 6 unspecified atom stereocenters. The van der Waals surface area contributed by atoms with Gasteiger partial charge in [-0.15, -0.1) is 0 Å². The molecule has 19 heteroatoms. The maximum Gasteiger partial charge on any atom is 0.343 e. The van der Waals surface area contributed by atoms with Crippen LogP contribution in [0.3, 0.4) is 0 Å². The van der Waals surface area contributed by atoms with E-state index in [4.69, 9.17) is 23.7 Å². The number of hydrogen-bond acceptors (Lipinski definition) is 17. The first kappa shape index (κ1) is 52.7. The molecule has 74 heavy (non-hydrogen) atoms. The zero-order valence-corrected chi connectivity index (χ0v) is 42.9. The minimum Gasteiger partial charge on any atom is -0.482 e. The van der Waals surface area contributed by atoms with E-state index >= 15 is 4.79 Å². The third-order valence-corrected chi connectivity index (χ3v) is 15.3. The minimum absolute atomic E-state index is 0.0145. The number of esters is 1. The van der Waals surface area contributed by atoms with Gasteiger partial charge in [0.05, 0.1) is 41.6 Å². The van der Waals surface area contributed by atoms with Gasteiger partial charge < -0.3 is 65.0 Å². The van der Waals surface area contributed by atoms with Gasteiger partial charge in [0.15, 0.2) is 22.7 Å². The molecule has 3 aromatic rings. The summed E-state index contributed by atoms with van der Waals surface area (Å²) in [6.07, 6.45) is 4.94.